The first-order chi connectivity index (χ1) is 6.77. The number of alkyl halides is 1. The lowest BCUT2D eigenvalue weighted by Crippen LogP contribution is -2.07. The quantitative estimate of drug-likeness (QED) is 0.736. The number of aromatic nitrogens is 3. The molecule has 1 aromatic heterocycles. The summed E-state index contributed by atoms with van der Waals surface area (Å²) in [6, 6.07) is 0. The predicted octanol–water partition coefficient (Wildman–Crippen LogP) is 2.79. The van der Waals surface area contributed by atoms with Gasteiger partial charge in [-0.05, 0) is 19.8 Å². The van der Waals surface area contributed by atoms with Gasteiger partial charge >= 0.3 is 0 Å². The molecule has 0 radical (unpaired) electrons. The maximum atomic E-state index is 4.25. The number of rotatable bonds is 6. The average Bonchev–Trinajstić information content (AvgIpc) is 2.62. The Kier molecular flexibility index (Phi) is 5.15. The predicted molar refractivity (Wildman–Crippen MR) is 61.6 cm³/mol. The Morgan fingerprint density at radius 1 is 1.43 bits per heavy atom. The van der Waals surface area contributed by atoms with Crippen molar-refractivity contribution in [2.75, 3.05) is 0 Å². The molecule has 1 aromatic rings. The first-order valence-corrected chi connectivity index (χ1v) is 6.20. The third-order valence-electron chi connectivity index (χ3n) is 2.28. The second-order valence-electron chi connectivity index (χ2n) is 3.42. The van der Waals surface area contributed by atoms with E-state index in [0.29, 0.717) is 4.83 Å². The minimum Gasteiger partial charge on any atom is -0.250 e. The fourth-order valence-corrected chi connectivity index (χ4v) is 2.18. The van der Waals surface area contributed by atoms with Crippen molar-refractivity contribution in [3.05, 3.63) is 12.2 Å². The van der Waals surface area contributed by atoms with Crippen molar-refractivity contribution in [3.63, 3.8) is 0 Å². The molecule has 1 heterocycles. The summed E-state index contributed by atoms with van der Waals surface area (Å²) in [7, 11) is 0. The van der Waals surface area contributed by atoms with Gasteiger partial charge in [-0.15, -0.1) is 0 Å². The van der Waals surface area contributed by atoms with Crippen molar-refractivity contribution in [2.24, 2.45) is 0 Å². The average molecular weight is 260 g/mol. The lowest BCUT2D eigenvalue weighted by molar-refractivity contribution is 0.590. The van der Waals surface area contributed by atoms with Crippen LogP contribution in [0.2, 0.25) is 0 Å². The molecule has 0 saturated heterocycles. The summed E-state index contributed by atoms with van der Waals surface area (Å²) in [4.78, 5) is 4.87. The molecule has 1 atom stereocenters. The summed E-state index contributed by atoms with van der Waals surface area (Å²) in [5.41, 5.74) is 0. The Labute approximate surface area is 94.0 Å². The second-order valence-corrected chi connectivity index (χ2v) is 4.71. The number of halogens is 1. The Bertz CT molecular complexity index is 260. The van der Waals surface area contributed by atoms with Gasteiger partial charge in [0.25, 0.3) is 0 Å². The molecule has 0 amide bonds. The number of aryl methyl sites for hydroxylation is 2. The van der Waals surface area contributed by atoms with Crippen LogP contribution >= 0.6 is 15.9 Å². The van der Waals surface area contributed by atoms with Crippen LogP contribution in [0.3, 0.4) is 0 Å². The van der Waals surface area contributed by atoms with Crippen molar-refractivity contribution >= 4 is 15.9 Å². The first kappa shape index (κ1) is 11.7. The maximum absolute atomic E-state index is 4.25. The molecule has 0 aromatic carbocycles. The molecule has 1 unspecified atom stereocenters. The molecular formula is C10H18BrN3. The van der Waals surface area contributed by atoms with E-state index in [4.69, 9.17) is 0 Å². The molecule has 14 heavy (non-hydrogen) atoms. The largest absolute Gasteiger partial charge is 0.250 e. The van der Waals surface area contributed by atoms with Gasteiger partial charge in [0.15, 0.2) is 0 Å². The molecule has 80 valence electrons. The van der Waals surface area contributed by atoms with E-state index in [1.165, 1.54) is 12.8 Å². The highest BCUT2D eigenvalue weighted by molar-refractivity contribution is 9.09. The van der Waals surface area contributed by atoms with E-state index < -0.39 is 0 Å². The van der Waals surface area contributed by atoms with Crippen molar-refractivity contribution in [2.45, 2.75) is 50.9 Å². The first-order valence-electron chi connectivity index (χ1n) is 5.28. The molecule has 0 aliphatic rings. The Hall–Kier alpha value is -0.380. The molecule has 1 rings (SSSR count). The van der Waals surface area contributed by atoms with Crippen LogP contribution < -0.4 is 0 Å². The van der Waals surface area contributed by atoms with Gasteiger partial charge in [-0.2, -0.15) is 5.10 Å². The molecule has 0 N–H and O–H groups in total. The van der Waals surface area contributed by atoms with Crippen LogP contribution in [0.25, 0.3) is 0 Å². The highest BCUT2D eigenvalue weighted by Crippen LogP contribution is 2.14. The molecule has 0 fully saturated rings. The van der Waals surface area contributed by atoms with Crippen molar-refractivity contribution in [1.29, 1.82) is 0 Å². The zero-order chi connectivity index (χ0) is 10.4. The van der Waals surface area contributed by atoms with Crippen LogP contribution in [0.1, 0.15) is 38.9 Å². The topological polar surface area (TPSA) is 30.7 Å². The van der Waals surface area contributed by atoms with E-state index in [9.17, 15) is 0 Å². The Morgan fingerprint density at radius 3 is 2.86 bits per heavy atom. The lowest BCUT2D eigenvalue weighted by atomic mass is 10.1. The highest BCUT2D eigenvalue weighted by Gasteiger charge is 2.07. The van der Waals surface area contributed by atoms with Crippen LogP contribution in [0.15, 0.2) is 6.33 Å². The third-order valence-corrected chi connectivity index (χ3v) is 3.19. The normalized spacial score (nSPS) is 13.1. The number of hydrogen-bond acceptors (Lipinski definition) is 2. The summed E-state index contributed by atoms with van der Waals surface area (Å²) in [5, 5.41) is 4.15. The lowest BCUT2D eigenvalue weighted by Gasteiger charge is -2.07. The number of hydrogen-bond donors (Lipinski definition) is 0. The summed E-state index contributed by atoms with van der Waals surface area (Å²) in [5.74, 6) is 1.10. The summed E-state index contributed by atoms with van der Waals surface area (Å²) in [6.07, 6.45) is 6.27. The SMILES string of the molecule is CCCC(Br)CCc1ncnn1CC. The zero-order valence-corrected chi connectivity index (χ0v) is 10.5. The van der Waals surface area contributed by atoms with Gasteiger partial charge in [-0.25, -0.2) is 4.98 Å². The van der Waals surface area contributed by atoms with E-state index in [2.05, 4.69) is 39.9 Å². The molecule has 4 heteroatoms. The second kappa shape index (κ2) is 6.17. The fraction of sp³-hybridized carbons (Fsp3) is 0.800. The standard InChI is InChI=1S/C10H18BrN3/c1-3-5-9(11)6-7-10-12-8-13-14(10)4-2/h8-9H,3-7H2,1-2H3. The molecule has 0 bridgehead atoms. The van der Waals surface area contributed by atoms with E-state index in [1.807, 2.05) is 4.68 Å². The van der Waals surface area contributed by atoms with E-state index >= 15 is 0 Å². The van der Waals surface area contributed by atoms with E-state index in [-0.39, 0.29) is 0 Å². The van der Waals surface area contributed by atoms with E-state index in [0.717, 1.165) is 25.2 Å². The Balaban J connectivity index is 2.37. The van der Waals surface area contributed by atoms with Gasteiger partial charge < -0.3 is 0 Å². The molecule has 0 aliphatic carbocycles. The van der Waals surface area contributed by atoms with Crippen LogP contribution in [-0.4, -0.2) is 19.6 Å². The monoisotopic (exact) mass is 259 g/mol. The molecule has 0 saturated carbocycles. The summed E-state index contributed by atoms with van der Waals surface area (Å²) in [6.45, 7) is 5.22. The van der Waals surface area contributed by atoms with Gasteiger partial charge in [0.05, 0.1) is 0 Å². The number of nitrogens with zero attached hydrogens (tertiary/aromatic N) is 3. The van der Waals surface area contributed by atoms with Gasteiger partial charge in [0.2, 0.25) is 0 Å². The van der Waals surface area contributed by atoms with Gasteiger partial charge in [0, 0.05) is 17.8 Å². The van der Waals surface area contributed by atoms with Crippen LogP contribution in [0.5, 0.6) is 0 Å². The summed E-state index contributed by atoms with van der Waals surface area (Å²) >= 11 is 3.67. The third kappa shape index (κ3) is 3.40. The Morgan fingerprint density at radius 2 is 2.21 bits per heavy atom. The smallest absolute Gasteiger partial charge is 0.138 e. The summed E-state index contributed by atoms with van der Waals surface area (Å²) < 4.78 is 1.96. The zero-order valence-electron chi connectivity index (χ0n) is 8.91. The van der Waals surface area contributed by atoms with Crippen molar-refractivity contribution < 1.29 is 0 Å². The fourth-order valence-electron chi connectivity index (χ4n) is 1.49. The van der Waals surface area contributed by atoms with Crippen molar-refractivity contribution in [3.8, 4) is 0 Å². The molecule has 0 aliphatic heterocycles. The van der Waals surface area contributed by atoms with Crippen LogP contribution in [0, 0.1) is 0 Å². The van der Waals surface area contributed by atoms with E-state index in [1.54, 1.807) is 6.33 Å². The van der Waals surface area contributed by atoms with Crippen LogP contribution in [0.4, 0.5) is 0 Å². The minimum atomic E-state index is 0.620. The molecular weight excluding hydrogens is 242 g/mol. The molecule has 3 nitrogen and oxygen atoms in total. The van der Waals surface area contributed by atoms with Crippen molar-refractivity contribution in [1.82, 2.24) is 14.8 Å². The highest BCUT2D eigenvalue weighted by atomic mass is 79.9. The van der Waals surface area contributed by atoms with Crippen LogP contribution in [-0.2, 0) is 13.0 Å². The minimum absolute atomic E-state index is 0.620. The van der Waals surface area contributed by atoms with Gasteiger partial charge in [-0.1, -0.05) is 29.3 Å². The van der Waals surface area contributed by atoms with Gasteiger partial charge in [0.1, 0.15) is 12.2 Å². The maximum Gasteiger partial charge on any atom is 0.138 e. The van der Waals surface area contributed by atoms with Gasteiger partial charge in [-0.3, -0.25) is 4.68 Å². The molecule has 0 spiro atoms.